The number of H-pyrrole nitrogens is 1. The van der Waals surface area contributed by atoms with Gasteiger partial charge >= 0.3 is 11.7 Å². The van der Waals surface area contributed by atoms with Gasteiger partial charge in [0.2, 0.25) is 0 Å². The van der Waals surface area contributed by atoms with Crippen LogP contribution in [0.5, 0.6) is 6.01 Å². The highest BCUT2D eigenvalue weighted by Crippen LogP contribution is 2.29. The van der Waals surface area contributed by atoms with Crippen LogP contribution in [-0.2, 0) is 13.2 Å². The number of thiol groups is 1. The molecule has 4 rings (SSSR count). The maximum absolute atomic E-state index is 11.8. The fourth-order valence-electron chi connectivity index (χ4n) is 2.81. The van der Waals surface area contributed by atoms with Crippen molar-refractivity contribution in [3.63, 3.8) is 0 Å². The summed E-state index contributed by atoms with van der Waals surface area (Å²) in [7, 11) is 0. The molecule has 2 heterocycles. The number of benzene rings is 2. The first-order chi connectivity index (χ1) is 14.2. The Morgan fingerprint density at radius 2 is 1.59 bits per heavy atom. The average molecular weight is 406 g/mol. The molecule has 0 unspecified atom stereocenters. The van der Waals surface area contributed by atoms with Crippen molar-refractivity contribution >= 4 is 12.6 Å². The summed E-state index contributed by atoms with van der Waals surface area (Å²) in [5.74, 6) is 0.896. The molecule has 29 heavy (non-hydrogen) atoms. The van der Waals surface area contributed by atoms with Gasteiger partial charge in [0.25, 0.3) is 0 Å². The zero-order chi connectivity index (χ0) is 20.1. The molecule has 0 atom stereocenters. The highest BCUT2D eigenvalue weighted by Gasteiger charge is 2.14. The van der Waals surface area contributed by atoms with Crippen LogP contribution in [0.4, 0.5) is 0 Å². The minimum Gasteiger partial charge on any atom is -0.454 e. The number of aromatic nitrogens is 6. The standard InChI is InChI=1S/C20H18N6O2S/c27-20-21-16(25-26(20)11-12-29)13-28-19-22-17(14-7-3-1-4-8-14)18(23-24-19)15-9-5-2-6-10-15/h1-10,29H,11-13H2,(H,21,25,27). The van der Waals surface area contributed by atoms with E-state index in [1.807, 2.05) is 60.7 Å². The van der Waals surface area contributed by atoms with E-state index in [1.165, 1.54) is 4.68 Å². The maximum atomic E-state index is 11.8. The number of nitrogens with one attached hydrogen (secondary N) is 1. The Labute approximate surface area is 172 Å². The van der Waals surface area contributed by atoms with Crippen molar-refractivity contribution in [1.82, 2.24) is 29.9 Å². The first kappa shape index (κ1) is 18.9. The molecule has 8 nitrogen and oxygen atoms in total. The van der Waals surface area contributed by atoms with Crippen LogP contribution in [0.25, 0.3) is 22.5 Å². The van der Waals surface area contributed by atoms with Crippen molar-refractivity contribution in [2.75, 3.05) is 5.75 Å². The van der Waals surface area contributed by atoms with E-state index in [4.69, 9.17) is 4.74 Å². The maximum Gasteiger partial charge on any atom is 0.343 e. The number of aryl methyl sites for hydroxylation is 1. The SMILES string of the molecule is O=c1[nH]c(COc2nnc(-c3ccccc3)c(-c3ccccc3)n2)nn1CCS. The van der Waals surface area contributed by atoms with Gasteiger partial charge in [0.1, 0.15) is 11.4 Å². The number of rotatable bonds is 7. The Balaban J connectivity index is 1.63. The molecule has 0 saturated carbocycles. The Hall–Kier alpha value is -3.46. The Bertz CT molecular complexity index is 1140. The molecule has 0 aliphatic rings. The molecule has 0 aliphatic carbocycles. The summed E-state index contributed by atoms with van der Waals surface area (Å²) in [5.41, 5.74) is 2.83. The van der Waals surface area contributed by atoms with E-state index in [2.05, 4.69) is 37.9 Å². The number of hydrogen-bond donors (Lipinski definition) is 2. The van der Waals surface area contributed by atoms with Gasteiger partial charge in [-0.15, -0.1) is 5.10 Å². The lowest BCUT2D eigenvalue weighted by Crippen LogP contribution is -2.18. The largest absolute Gasteiger partial charge is 0.454 e. The van der Waals surface area contributed by atoms with Crippen LogP contribution in [-0.4, -0.2) is 35.7 Å². The van der Waals surface area contributed by atoms with Crippen LogP contribution in [0.1, 0.15) is 5.82 Å². The van der Waals surface area contributed by atoms with Crippen molar-refractivity contribution in [1.29, 1.82) is 0 Å². The van der Waals surface area contributed by atoms with E-state index in [0.717, 1.165) is 11.1 Å². The third-order valence-electron chi connectivity index (χ3n) is 4.14. The zero-order valence-corrected chi connectivity index (χ0v) is 16.3. The Morgan fingerprint density at radius 1 is 0.931 bits per heavy atom. The minimum atomic E-state index is -0.305. The molecule has 0 radical (unpaired) electrons. The van der Waals surface area contributed by atoms with Crippen LogP contribution < -0.4 is 10.4 Å². The Morgan fingerprint density at radius 3 is 2.24 bits per heavy atom. The quantitative estimate of drug-likeness (QED) is 0.458. The summed E-state index contributed by atoms with van der Waals surface area (Å²) >= 11 is 4.11. The average Bonchev–Trinajstić information content (AvgIpc) is 3.13. The molecule has 1 N–H and O–H groups in total. The minimum absolute atomic E-state index is 0.0232. The van der Waals surface area contributed by atoms with Gasteiger partial charge in [0.05, 0.1) is 6.54 Å². The highest BCUT2D eigenvalue weighted by molar-refractivity contribution is 7.80. The van der Waals surface area contributed by atoms with E-state index < -0.39 is 0 Å². The summed E-state index contributed by atoms with van der Waals surface area (Å²) in [6.07, 6.45) is 0. The van der Waals surface area contributed by atoms with Crippen LogP contribution in [0.3, 0.4) is 0 Å². The van der Waals surface area contributed by atoms with E-state index >= 15 is 0 Å². The van der Waals surface area contributed by atoms with Crippen molar-refractivity contribution in [2.45, 2.75) is 13.2 Å². The van der Waals surface area contributed by atoms with E-state index in [9.17, 15) is 4.79 Å². The van der Waals surface area contributed by atoms with E-state index in [1.54, 1.807) is 0 Å². The molecular formula is C20H18N6O2S. The van der Waals surface area contributed by atoms with Crippen molar-refractivity contribution < 1.29 is 4.74 Å². The highest BCUT2D eigenvalue weighted by atomic mass is 32.1. The molecule has 0 aliphatic heterocycles. The molecule has 4 aromatic rings. The predicted octanol–water partition coefficient (Wildman–Crippen LogP) is 2.60. The lowest BCUT2D eigenvalue weighted by Gasteiger charge is -2.09. The van der Waals surface area contributed by atoms with Gasteiger partial charge in [-0.05, 0) is 0 Å². The molecule has 146 valence electrons. The van der Waals surface area contributed by atoms with Crippen LogP contribution in [0.2, 0.25) is 0 Å². The van der Waals surface area contributed by atoms with Gasteiger partial charge < -0.3 is 4.74 Å². The molecule has 0 bridgehead atoms. The molecule has 2 aromatic heterocycles. The van der Waals surface area contributed by atoms with Crippen LogP contribution in [0.15, 0.2) is 65.5 Å². The van der Waals surface area contributed by atoms with E-state index in [0.29, 0.717) is 29.5 Å². The third-order valence-corrected chi connectivity index (χ3v) is 4.34. The summed E-state index contributed by atoms with van der Waals surface area (Å²) in [6.45, 7) is 0.440. The van der Waals surface area contributed by atoms with E-state index in [-0.39, 0.29) is 18.3 Å². The first-order valence-corrected chi connectivity index (χ1v) is 9.63. The molecule has 0 fully saturated rings. The monoisotopic (exact) mass is 406 g/mol. The summed E-state index contributed by atoms with van der Waals surface area (Å²) in [5, 5.41) is 12.6. The topological polar surface area (TPSA) is 98.6 Å². The van der Waals surface area contributed by atoms with Gasteiger partial charge in [0.15, 0.2) is 12.4 Å². The predicted molar refractivity (Wildman–Crippen MR) is 112 cm³/mol. The van der Waals surface area contributed by atoms with Gasteiger partial charge in [-0.2, -0.15) is 22.7 Å². The molecular weight excluding hydrogens is 388 g/mol. The lowest BCUT2D eigenvalue weighted by atomic mass is 10.0. The van der Waals surface area contributed by atoms with Gasteiger partial charge in [-0.1, -0.05) is 65.8 Å². The lowest BCUT2D eigenvalue weighted by molar-refractivity contribution is 0.267. The molecule has 0 saturated heterocycles. The number of hydrogen-bond acceptors (Lipinski definition) is 7. The molecule has 9 heteroatoms. The smallest absolute Gasteiger partial charge is 0.343 e. The second-order valence-electron chi connectivity index (χ2n) is 6.14. The van der Waals surface area contributed by atoms with Gasteiger partial charge in [-0.3, -0.25) is 4.98 Å². The fourth-order valence-corrected chi connectivity index (χ4v) is 3.00. The van der Waals surface area contributed by atoms with Gasteiger partial charge in [0, 0.05) is 16.9 Å². The van der Waals surface area contributed by atoms with Crippen molar-refractivity contribution in [2.24, 2.45) is 0 Å². The zero-order valence-electron chi connectivity index (χ0n) is 15.4. The van der Waals surface area contributed by atoms with Crippen LogP contribution >= 0.6 is 12.6 Å². The fraction of sp³-hybridized carbons (Fsp3) is 0.150. The number of nitrogens with zero attached hydrogens (tertiary/aromatic N) is 5. The van der Waals surface area contributed by atoms with Gasteiger partial charge in [-0.25, -0.2) is 9.48 Å². The molecule has 0 amide bonds. The Kier molecular flexibility index (Phi) is 5.66. The van der Waals surface area contributed by atoms with Crippen LogP contribution in [0, 0.1) is 0 Å². The van der Waals surface area contributed by atoms with Crippen molar-refractivity contribution in [3.05, 3.63) is 77.0 Å². The normalized spacial score (nSPS) is 10.8. The summed E-state index contributed by atoms with van der Waals surface area (Å²) < 4.78 is 6.95. The van der Waals surface area contributed by atoms with Crippen molar-refractivity contribution in [3.8, 4) is 28.5 Å². The summed E-state index contributed by atoms with van der Waals surface area (Å²) in [6, 6.07) is 19.6. The second-order valence-corrected chi connectivity index (χ2v) is 6.58. The number of aromatic amines is 1. The third kappa shape index (κ3) is 4.35. The first-order valence-electron chi connectivity index (χ1n) is 9.00. The second kappa shape index (κ2) is 8.70. The number of ether oxygens (including phenoxy) is 1. The molecule has 0 spiro atoms. The molecule has 2 aromatic carbocycles. The summed E-state index contributed by atoms with van der Waals surface area (Å²) in [4.78, 5) is 19.0.